The van der Waals surface area contributed by atoms with Crippen LogP contribution in [0.5, 0.6) is 0 Å². The lowest BCUT2D eigenvalue weighted by molar-refractivity contribution is -0.153. The Hall–Kier alpha value is -0.610. The lowest BCUT2D eigenvalue weighted by Crippen LogP contribution is -2.33. The van der Waals surface area contributed by atoms with Gasteiger partial charge in [-0.15, -0.1) is 0 Å². The zero-order chi connectivity index (χ0) is 12.8. The molecule has 2 rings (SSSR count). The monoisotopic (exact) mass is 255 g/mol. The molecule has 1 N–H and O–H groups in total. The normalized spacial score (nSPS) is 33.1. The van der Waals surface area contributed by atoms with Crippen LogP contribution in [0.1, 0.15) is 44.9 Å². The molecule has 1 heterocycles. The Bertz CT molecular complexity index is 264. The average molecular weight is 255 g/mol. The first kappa shape index (κ1) is 13.8. The molecule has 3 atom stereocenters. The minimum Gasteiger partial charge on any atom is -0.462 e. The fourth-order valence-corrected chi connectivity index (χ4v) is 2.99. The predicted molar refractivity (Wildman–Crippen MR) is 69.4 cm³/mol. The fourth-order valence-electron chi connectivity index (χ4n) is 2.99. The molecule has 104 valence electrons. The minimum absolute atomic E-state index is 0.0227. The van der Waals surface area contributed by atoms with E-state index in [1.54, 1.807) is 7.11 Å². The maximum atomic E-state index is 11.9. The van der Waals surface area contributed by atoms with Crippen molar-refractivity contribution in [1.82, 2.24) is 5.32 Å². The molecule has 3 unspecified atom stereocenters. The Morgan fingerprint density at radius 3 is 2.78 bits per heavy atom. The first-order valence-corrected chi connectivity index (χ1v) is 7.21. The quantitative estimate of drug-likeness (QED) is 0.779. The zero-order valence-corrected chi connectivity index (χ0v) is 11.3. The summed E-state index contributed by atoms with van der Waals surface area (Å²) < 4.78 is 10.9. The standard InChI is InChI=1S/C14H25NO3/c1-17-12-5-2-6-13(9-12)18-14(16)8-11-4-3-7-15-10-11/h11-13,15H,2-10H2,1H3. The van der Waals surface area contributed by atoms with Crippen LogP contribution in [0.3, 0.4) is 0 Å². The van der Waals surface area contributed by atoms with E-state index in [0.717, 1.165) is 45.2 Å². The van der Waals surface area contributed by atoms with Gasteiger partial charge in [-0.25, -0.2) is 0 Å². The van der Waals surface area contributed by atoms with E-state index >= 15 is 0 Å². The van der Waals surface area contributed by atoms with Gasteiger partial charge in [0.2, 0.25) is 0 Å². The third-order valence-corrected chi connectivity index (χ3v) is 4.06. The van der Waals surface area contributed by atoms with Gasteiger partial charge in [0.15, 0.2) is 0 Å². The van der Waals surface area contributed by atoms with Crippen molar-refractivity contribution in [2.45, 2.75) is 57.2 Å². The van der Waals surface area contributed by atoms with Gasteiger partial charge in [-0.2, -0.15) is 0 Å². The van der Waals surface area contributed by atoms with Crippen molar-refractivity contribution >= 4 is 5.97 Å². The first-order valence-electron chi connectivity index (χ1n) is 7.21. The summed E-state index contributed by atoms with van der Waals surface area (Å²) in [6.45, 7) is 2.05. The number of hydrogen-bond donors (Lipinski definition) is 1. The molecule has 0 amide bonds. The molecule has 2 aliphatic rings. The third kappa shape index (κ3) is 4.25. The molecule has 0 aromatic rings. The molecule has 0 radical (unpaired) electrons. The molecule has 4 heteroatoms. The van der Waals surface area contributed by atoms with E-state index in [2.05, 4.69) is 5.32 Å². The number of carbonyl (C=O) groups is 1. The lowest BCUT2D eigenvalue weighted by atomic mass is 9.94. The smallest absolute Gasteiger partial charge is 0.306 e. The van der Waals surface area contributed by atoms with Crippen molar-refractivity contribution in [2.75, 3.05) is 20.2 Å². The van der Waals surface area contributed by atoms with Crippen LogP contribution in [0.2, 0.25) is 0 Å². The molecule has 1 aliphatic heterocycles. The van der Waals surface area contributed by atoms with E-state index in [-0.39, 0.29) is 18.2 Å². The Labute approximate surface area is 109 Å². The Balaban J connectivity index is 1.69. The van der Waals surface area contributed by atoms with Crippen LogP contribution in [0.15, 0.2) is 0 Å². The molecular weight excluding hydrogens is 230 g/mol. The van der Waals surface area contributed by atoms with Gasteiger partial charge in [-0.3, -0.25) is 4.79 Å². The van der Waals surface area contributed by atoms with Crippen LogP contribution in [-0.4, -0.2) is 38.4 Å². The van der Waals surface area contributed by atoms with Crippen molar-refractivity contribution in [3.63, 3.8) is 0 Å². The minimum atomic E-state index is -0.0227. The van der Waals surface area contributed by atoms with Gasteiger partial charge in [0, 0.05) is 20.0 Å². The molecule has 1 aliphatic carbocycles. The molecular formula is C14H25NO3. The molecule has 1 saturated heterocycles. The third-order valence-electron chi connectivity index (χ3n) is 4.06. The van der Waals surface area contributed by atoms with Crippen molar-refractivity contribution in [2.24, 2.45) is 5.92 Å². The summed E-state index contributed by atoms with van der Waals surface area (Å²) in [4.78, 5) is 11.9. The van der Waals surface area contributed by atoms with Crippen molar-refractivity contribution in [1.29, 1.82) is 0 Å². The molecule has 0 aromatic carbocycles. The lowest BCUT2D eigenvalue weighted by Gasteiger charge is -2.29. The van der Waals surface area contributed by atoms with E-state index in [0.29, 0.717) is 12.3 Å². The summed E-state index contributed by atoms with van der Waals surface area (Å²) in [5.74, 6) is 0.443. The summed E-state index contributed by atoms with van der Waals surface area (Å²) in [6.07, 6.45) is 7.29. The number of nitrogens with one attached hydrogen (secondary N) is 1. The topological polar surface area (TPSA) is 47.6 Å². The number of rotatable bonds is 4. The van der Waals surface area contributed by atoms with Gasteiger partial charge in [-0.1, -0.05) is 0 Å². The maximum Gasteiger partial charge on any atom is 0.306 e. The molecule has 0 aromatic heterocycles. The summed E-state index contributed by atoms with van der Waals surface area (Å²) in [7, 11) is 1.74. The van der Waals surface area contributed by atoms with Crippen molar-refractivity contribution in [3.8, 4) is 0 Å². The number of ether oxygens (including phenoxy) is 2. The number of hydrogen-bond acceptors (Lipinski definition) is 4. The molecule has 2 fully saturated rings. The Morgan fingerprint density at radius 1 is 1.22 bits per heavy atom. The number of esters is 1. The van der Waals surface area contributed by atoms with Crippen LogP contribution in [0.4, 0.5) is 0 Å². The largest absolute Gasteiger partial charge is 0.462 e. The van der Waals surface area contributed by atoms with Crippen LogP contribution in [0, 0.1) is 5.92 Å². The van der Waals surface area contributed by atoms with Gasteiger partial charge in [0.25, 0.3) is 0 Å². The molecule has 18 heavy (non-hydrogen) atoms. The Morgan fingerprint density at radius 2 is 2.06 bits per heavy atom. The number of carbonyl (C=O) groups excluding carboxylic acids is 1. The van der Waals surface area contributed by atoms with Crippen LogP contribution < -0.4 is 5.32 Å². The molecule has 1 saturated carbocycles. The number of methoxy groups -OCH3 is 1. The van der Waals surface area contributed by atoms with Gasteiger partial charge < -0.3 is 14.8 Å². The zero-order valence-electron chi connectivity index (χ0n) is 11.3. The second-order valence-electron chi connectivity index (χ2n) is 5.55. The highest BCUT2D eigenvalue weighted by Crippen LogP contribution is 2.24. The van der Waals surface area contributed by atoms with Gasteiger partial charge in [0.05, 0.1) is 6.10 Å². The van der Waals surface area contributed by atoms with Crippen LogP contribution >= 0.6 is 0 Å². The summed E-state index contributed by atoms with van der Waals surface area (Å²) in [5.41, 5.74) is 0. The van der Waals surface area contributed by atoms with Gasteiger partial charge in [0.1, 0.15) is 6.10 Å². The summed E-state index contributed by atoms with van der Waals surface area (Å²) >= 11 is 0. The average Bonchev–Trinajstić information content (AvgIpc) is 2.40. The van der Waals surface area contributed by atoms with Crippen molar-refractivity contribution < 1.29 is 14.3 Å². The highest BCUT2D eigenvalue weighted by Gasteiger charge is 2.26. The fraction of sp³-hybridized carbons (Fsp3) is 0.929. The van der Waals surface area contributed by atoms with Crippen LogP contribution in [0.25, 0.3) is 0 Å². The van der Waals surface area contributed by atoms with Crippen LogP contribution in [-0.2, 0) is 14.3 Å². The van der Waals surface area contributed by atoms with Gasteiger partial charge in [-0.05, 0) is 51.1 Å². The van der Waals surface area contributed by atoms with E-state index in [9.17, 15) is 4.79 Å². The van der Waals surface area contributed by atoms with Gasteiger partial charge >= 0.3 is 5.97 Å². The highest BCUT2D eigenvalue weighted by molar-refractivity contribution is 5.70. The molecule has 0 spiro atoms. The number of piperidine rings is 1. The SMILES string of the molecule is COC1CCCC(OC(=O)CC2CCCNC2)C1. The second kappa shape index (κ2) is 7.10. The van der Waals surface area contributed by atoms with E-state index in [1.807, 2.05) is 0 Å². The van der Waals surface area contributed by atoms with E-state index in [4.69, 9.17) is 9.47 Å². The van der Waals surface area contributed by atoms with E-state index in [1.165, 1.54) is 6.42 Å². The molecule has 0 bridgehead atoms. The highest BCUT2D eigenvalue weighted by atomic mass is 16.5. The summed E-state index contributed by atoms with van der Waals surface area (Å²) in [5, 5.41) is 3.33. The molecule has 4 nitrogen and oxygen atoms in total. The first-order chi connectivity index (χ1) is 8.78. The predicted octanol–water partition coefficient (Wildman–Crippen LogP) is 1.88. The Kier molecular flexibility index (Phi) is 5.45. The maximum absolute atomic E-state index is 11.9. The second-order valence-corrected chi connectivity index (χ2v) is 5.55. The summed E-state index contributed by atoms with van der Waals surface area (Å²) in [6, 6.07) is 0. The van der Waals surface area contributed by atoms with Crippen molar-refractivity contribution in [3.05, 3.63) is 0 Å². The van der Waals surface area contributed by atoms with E-state index < -0.39 is 0 Å².